The summed E-state index contributed by atoms with van der Waals surface area (Å²) in [6, 6.07) is 6.25. The van der Waals surface area contributed by atoms with Gasteiger partial charge < -0.3 is 20.3 Å². The van der Waals surface area contributed by atoms with Crippen LogP contribution in [0.1, 0.15) is 25.7 Å². The molecule has 148 valence electrons. The molecule has 0 bridgehead atoms. The highest BCUT2D eigenvalue weighted by Gasteiger charge is 2.40. The van der Waals surface area contributed by atoms with E-state index in [-0.39, 0.29) is 42.2 Å². The van der Waals surface area contributed by atoms with E-state index in [1.165, 1.54) is 0 Å². The molecule has 3 rings (SSSR count). The molecule has 0 atom stereocenters. The number of ether oxygens (including phenoxy) is 1. The summed E-state index contributed by atoms with van der Waals surface area (Å²) in [5.41, 5.74) is -0.363. The zero-order valence-electron chi connectivity index (χ0n) is 15.3. The van der Waals surface area contributed by atoms with E-state index in [4.69, 9.17) is 4.74 Å². The van der Waals surface area contributed by atoms with Crippen molar-refractivity contribution in [1.29, 1.82) is 0 Å². The Kier molecular flexibility index (Phi) is 9.64. The van der Waals surface area contributed by atoms with Crippen molar-refractivity contribution in [2.75, 3.05) is 44.8 Å². The Bertz CT molecular complexity index is 528. The first-order valence-electron chi connectivity index (χ1n) is 8.90. The van der Waals surface area contributed by atoms with Crippen LogP contribution in [0.25, 0.3) is 0 Å². The number of pyridine rings is 1. The molecule has 0 spiro atoms. The van der Waals surface area contributed by atoms with Crippen LogP contribution in [-0.4, -0.2) is 56.8 Å². The normalized spacial score (nSPS) is 19.8. The van der Waals surface area contributed by atoms with Crippen LogP contribution in [-0.2, 0) is 9.53 Å². The lowest BCUT2D eigenvalue weighted by atomic mass is 9.78. The molecule has 8 heteroatoms. The summed E-state index contributed by atoms with van der Waals surface area (Å²) < 4.78 is 5.36. The number of halogens is 2. The monoisotopic (exact) mass is 404 g/mol. The fourth-order valence-corrected chi connectivity index (χ4v) is 3.75. The maximum atomic E-state index is 12.9. The van der Waals surface area contributed by atoms with Gasteiger partial charge in [-0.2, -0.15) is 0 Å². The Morgan fingerprint density at radius 1 is 1.31 bits per heavy atom. The number of hydrogen-bond donors (Lipinski definition) is 2. The molecule has 3 heterocycles. The van der Waals surface area contributed by atoms with E-state index >= 15 is 0 Å². The highest BCUT2D eigenvalue weighted by Crippen LogP contribution is 2.30. The molecule has 0 saturated carbocycles. The summed E-state index contributed by atoms with van der Waals surface area (Å²) in [5, 5.41) is 6.62. The Labute approximate surface area is 168 Å². The molecular formula is C18H30Cl2N4O2. The van der Waals surface area contributed by atoms with Crippen LogP contribution in [0, 0.1) is 5.41 Å². The molecule has 2 fully saturated rings. The zero-order valence-corrected chi connectivity index (χ0v) is 16.9. The molecule has 1 amide bonds. The third kappa shape index (κ3) is 5.46. The summed E-state index contributed by atoms with van der Waals surface area (Å²) in [6.45, 7) is 4.14. The predicted octanol–water partition coefficient (Wildman–Crippen LogP) is 2.03. The number of hydrogen-bond acceptors (Lipinski definition) is 5. The van der Waals surface area contributed by atoms with Crippen molar-refractivity contribution in [3.8, 4) is 0 Å². The lowest BCUT2D eigenvalue weighted by Crippen LogP contribution is -2.54. The molecule has 0 radical (unpaired) electrons. The highest BCUT2D eigenvalue weighted by atomic mass is 35.5. The molecule has 0 aliphatic carbocycles. The van der Waals surface area contributed by atoms with E-state index in [2.05, 4.69) is 20.5 Å². The summed E-state index contributed by atoms with van der Waals surface area (Å²) in [4.78, 5) is 19.6. The first kappa shape index (κ1) is 23.0. The first-order chi connectivity index (χ1) is 11.7. The second-order valence-electron chi connectivity index (χ2n) is 6.89. The van der Waals surface area contributed by atoms with Crippen molar-refractivity contribution in [3.63, 3.8) is 0 Å². The smallest absolute Gasteiger partial charge is 0.228 e. The lowest BCUT2D eigenvalue weighted by molar-refractivity contribution is -0.137. The zero-order chi connectivity index (χ0) is 16.8. The molecule has 2 N–H and O–H groups in total. The van der Waals surface area contributed by atoms with Crippen LogP contribution in [0.4, 0.5) is 5.82 Å². The van der Waals surface area contributed by atoms with Gasteiger partial charge in [0.25, 0.3) is 0 Å². The Balaban J connectivity index is 0.00000169. The van der Waals surface area contributed by atoms with Gasteiger partial charge in [0, 0.05) is 32.4 Å². The fourth-order valence-electron chi connectivity index (χ4n) is 3.75. The number of methoxy groups -OCH3 is 1. The largest absolute Gasteiger partial charge is 0.384 e. The third-order valence-corrected chi connectivity index (χ3v) is 5.27. The molecule has 1 aromatic heterocycles. The number of nitrogens with zero attached hydrogens (tertiary/aromatic N) is 2. The minimum atomic E-state index is -0.363. The summed E-state index contributed by atoms with van der Waals surface area (Å²) >= 11 is 0. The molecule has 2 saturated heterocycles. The number of nitrogens with one attached hydrogen (secondary N) is 2. The van der Waals surface area contributed by atoms with Crippen LogP contribution in [0.15, 0.2) is 24.4 Å². The van der Waals surface area contributed by atoms with Gasteiger partial charge in [-0.05, 0) is 50.9 Å². The predicted molar refractivity (Wildman–Crippen MR) is 109 cm³/mol. The van der Waals surface area contributed by atoms with Gasteiger partial charge in [0.15, 0.2) is 0 Å². The van der Waals surface area contributed by atoms with Crippen LogP contribution in [0.3, 0.4) is 0 Å². The van der Waals surface area contributed by atoms with E-state index in [9.17, 15) is 4.79 Å². The summed E-state index contributed by atoms with van der Waals surface area (Å²) in [7, 11) is 1.68. The van der Waals surface area contributed by atoms with Gasteiger partial charge in [0.2, 0.25) is 5.91 Å². The van der Waals surface area contributed by atoms with Crippen LogP contribution in [0.2, 0.25) is 0 Å². The Morgan fingerprint density at radius 3 is 2.58 bits per heavy atom. The van der Waals surface area contributed by atoms with Crippen molar-refractivity contribution in [2.45, 2.75) is 31.7 Å². The van der Waals surface area contributed by atoms with Gasteiger partial charge in [-0.25, -0.2) is 4.98 Å². The summed E-state index contributed by atoms with van der Waals surface area (Å²) in [5.74, 6) is 1.19. The summed E-state index contributed by atoms with van der Waals surface area (Å²) in [6.07, 6.45) is 5.45. The first-order valence-corrected chi connectivity index (χ1v) is 8.90. The van der Waals surface area contributed by atoms with E-state index in [0.717, 1.165) is 57.7 Å². The minimum Gasteiger partial charge on any atom is -0.384 e. The number of piperidine rings is 2. The number of carbonyl (C=O) groups excluding carboxylic acids is 1. The third-order valence-electron chi connectivity index (χ3n) is 5.27. The minimum absolute atomic E-state index is 0. The van der Waals surface area contributed by atoms with Gasteiger partial charge >= 0.3 is 0 Å². The highest BCUT2D eigenvalue weighted by molar-refractivity contribution is 5.85. The SMILES string of the molecule is COCC1(C(=O)NC2CCN(c3ccccn3)CC2)CCNCC1.Cl.Cl. The van der Waals surface area contributed by atoms with E-state index in [1.807, 2.05) is 24.4 Å². The second kappa shape index (κ2) is 10.9. The maximum Gasteiger partial charge on any atom is 0.228 e. The van der Waals surface area contributed by atoms with E-state index < -0.39 is 0 Å². The van der Waals surface area contributed by atoms with Crippen LogP contribution >= 0.6 is 24.8 Å². The quantitative estimate of drug-likeness (QED) is 0.785. The van der Waals surface area contributed by atoms with Gasteiger partial charge in [0.1, 0.15) is 5.82 Å². The lowest BCUT2D eigenvalue weighted by Gasteiger charge is -2.38. The standard InChI is InChI=1S/C18H28N4O2.2ClH/c1-24-14-18(7-10-19-11-8-18)17(23)21-15-5-12-22(13-6-15)16-4-2-3-9-20-16;;/h2-4,9,15,19H,5-8,10-14H2,1H3,(H,21,23);2*1H. The fraction of sp³-hybridized carbons (Fsp3) is 0.667. The number of aromatic nitrogens is 1. The van der Waals surface area contributed by atoms with E-state index in [1.54, 1.807) is 7.11 Å². The van der Waals surface area contributed by atoms with Crippen molar-refractivity contribution >= 4 is 36.5 Å². The van der Waals surface area contributed by atoms with Gasteiger partial charge in [-0.1, -0.05) is 6.07 Å². The molecule has 0 unspecified atom stereocenters. The average Bonchev–Trinajstić information content (AvgIpc) is 2.64. The Morgan fingerprint density at radius 2 is 2.00 bits per heavy atom. The molecule has 2 aliphatic rings. The topological polar surface area (TPSA) is 66.5 Å². The molecule has 26 heavy (non-hydrogen) atoms. The number of carbonyl (C=O) groups is 1. The van der Waals surface area contributed by atoms with Gasteiger partial charge in [0.05, 0.1) is 12.0 Å². The van der Waals surface area contributed by atoms with Crippen LogP contribution < -0.4 is 15.5 Å². The van der Waals surface area contributed by atoms with Crippen molar-refractivity contribution in [3.05, 3.63) is 24.4 Å². The van der Waals surface area contributed by atoms with Gasteiger partial charge in [-0.3, -0.25) is 4.79 Å². The van der Waals surface area contributed by atoms with Crippen molar-refractivity contribution in [2.24, 2.45) is 5.41 Å². The average molecular weight is 405 g/mol. The maximum absolute atomic E-state index is 12.9. The molecule has 1 aromatic rings. The van der Waals surface area contributed by atoms with E-state index in [0.29, 0.717) is 6.61 Å². The Hall–Kier alpha value is -1.08. The number of rotatable bonds is 5. The molecule has 6 nitrogen and oxygen atoms in total. The second-order valence-corrected chi connectivity index (χ2v) is 6.89. The number of anilines is 1. The van der Waals surface area contributed by atoms with Crippen molar-refractivity contribution < 1.29 is 9.53 Å². The van der Waals surface area contributed by atoms with Crippen LogP contribution in [0.5, 0.6) is 0 Å². The van der Waals surface area contributed by atoms with Crippen molar-refractivity contribution in [1.82, 2.24) is 15.6 Å². The van der Waals surface area contributed by atoms with Gasteiger partial charge in [-0.15, -0.1) is 24.8 Å². The number of amides is 1. The molecular weight excluding hydrogens is 375 g/mol. The molecule has 0 aromatic carbocycles. The molecule has 2 aliphatic heterocycles.